The number of carbonyl (C=O) groups is 2. The lowest BCUT2D eigenvalue weighted by Gasteiger charge is -2.12. The largest absolute Gasteiger partial charge is 0.545 e. The second-order valence-electron chi connectivity index (χ2n) is 4.75. The molecule has 0 saturated carbocycles. The molecule has 0 atom stereocenters. The highest BCUT2D eigenvalue weighted by atomic mass is 35.5. The first-order valence-electron chi connectivity index (χ1n) is 6.69. The molecule has 0 aliphatic heterocycles. The van der Waals surface area contributed by atoms with Crippen molar-refractivity contribution in [2.45, 2.75) is 5.75 Å². The SMILES string of the molecule is O=C(CSCc1ccc(Cl)cc1Cl)Nc1ccc(Cl)cc1C(=O)[O-]. The van der Waals surface area contributed by atoms with Crippen LogP contribution in [0.5, 0.6) is 0 Å². The minimum atomic E-state index is -1.41. The Bertz CT molecular complexity index is 783. The maximum Gasteiger partial charge on any atom is 0.234 e. The number of nitrogens with one attached hydrogen (secondary N) is 1. The predicted molar refractivity (Wildman–Crippen MR) is 97.0 cm³/mol. The van der Waals surface area contributed by atoms with E-state index in [1.807, 2.05) is 0 Å². The van der Waals surface area contributed by atoms with Gasteiger partial charge in [-0.2, -0.15) is 0 Å². The van der Waals surface area contributed by atoms with E-state index >= 15 is 0 Å². The second kappa shape index (κ2) is 8.62. The van der Waals surface area contributed by atoms with Crippen LogP contribution in [0.1, 0.15) is 15.9 Å². The molecule has 1 amide bonds. The minimum Gasteiger partial charge on any atom is -0.545 e. The van der Waals surface area contributed by atoms with E-state index in [0.29, 0.717) is 15.8 Å². The van der Waals surface area contributed by atoms with Gasteiger partial charge in [0, 0.05) is 32.1 Å². The highest BCUT2D eigenvalue weighted by molar-refractivity contribution is 7.99. The van der Waals surface area contributed by atoms with Crippen molar-refractivity contribution in [2.75, 3.05) is 11.1 Å². The molecule has 0 aliphatic carbocycles. The van der Waals surface area contributed by atoms with Gasteiger partial charge in [0.2, 0.25) is 5.91 Å². The van der Waals surface area contributed by atoms with Crippen LogP contribution in [0.15, 0.2) is 36.4 Å². The number of carboxylic acid groups (broad SMARTS) is 1. The number of carboxylic acids is 1. The number of thioether (sulfide) groups is 1. The number of halogens is 3. The Hall–Kier alpha value is -1.40. The fourth-order valence-corrected chi connectivity index (χ4v) is 3.43. The smallest absolute Gasteiger partial charge is 0.234 e. The van der Waals surface area contributed by atoms with E-state index < -0.39 is 5.97 Å². The van der Waals surface area contributed by atoms with Gasteiger partial charge in [0.15, 0.2) is 0 Å². The van der Waals surface area contributed by atoms with E-state index in [2.05, 4.69) is 5.32 Å². The van der Waals surface area contributed by atoms with E-state index in [9.17, 15) is 14.7 Å². The van der Waals surface area contributed by atoms with Gasteiger partial charge in [-0.05, 0) is 35.9 Å². The van der Waals surface area contributed by atoms with Crippen LogP contribution in [0.2, 0.25) is 15.1 Å². The highest BCUT2D eigenvalue weighted by Crippen LogP contribution is 2.25. The average molecular weight is 404 g/mol. The summed E-state index contributed by atoms with van der Waals surface area (Å²) in [5, 5.41) is 14.9. The van der Waals surface area contributed by atoms with Crippen LogP contribution in [0.4, 0.5) is 5.69 Å². The molecule has 2 rings (SSSR count). The summed E-state index contributed by atoms with van der Waals surface area (Å²) >= 11 is 19.0. The third-order valence-corrected chi connectivity index (χ3v) is 4.78. The molecular formula is C16H11Cl3NO3S-. The molecule has 1 N–H and O–H groups in total. The van der Waals surface area contributed by atoms with E-state index in [0.717, 1.165) is 5.56 Å². The molecule has 8 heteroatoms. The highest BCUT2D eigenvalue weighted by Gasteiger charge is 2.09. The molecule has 126 valence electrons. The summed E-state index contributed by atoms with van der Waals surface area (Å²) in [5.74, 6) is -1.09. The van der Waals surface area contributed by atoms with Gasteiger partial charge in [-0.3, -0.25) is 4.79 Å². The van der Waals surface area contributed by atoms with E-state index in [-0.39, 0.29) is 27.9 Å². The first kappa shape index (κ1) is 18.9. The molecule has 0 aromatic heterocycles. The van der Waals surface area contributed by atoms with Crippen LogP contribution < -0.4 is 10.4 Å². The van der Waals surface area contributed by atoms with E-state index in [1.165, 1.54) is 30.0 Å². The molecule has 4 nitrogen and oxygen atoms in total. The van der Waals surface area contributed by atoms with Crippen molar-refractivity contribution in [3.05, 3.63) is 62.6 Å². The Morgan fingerprint density at radius 2 is 1.71 bits per heavy atom. The standard InChI is InChI=1S/C16H12Cl3NO3S/c17-10-3-4-14(12(5-10)16(22)23)20-15(21)8-24-7-9-1-2-11(18)6-13(9)19/h1-6H,7-8H2,(H,20,21)(H,22,23)/p-1. The Labute approximate surface area is 158 Å². The number of hydrogen-bond acceptors (Lipinski definition) is 4. The molecular weight excluding hydrogens is 393 g/mol. The molecule has 2 aromatic carbocycles. The van der Waals surface area contributed by atoms with Gasteiger partial charge >= 0.3 is 0 Å². The fourth-order valence-electron chi connectivity index (χ4n) is 1.87. The van der Waals surface area contributed by atoms with E-state index in [1.54, 1.807) is 18.2 Å². The summed E-state index contributed by atoms with van der Waals surface area (Å²) in [6.45, 7) is 0. The topological polar surface area (TPSA) is 69.2 Å². The van der Waals surface area contributed by atoms with Crippen molar-refractivity contribution in [1.29, 1.82) is 0 Å². The van der Waals surface area contributed by atoms with Crippen molar-refractivity contribution in [3.8, 4) is 0 Å². The number of carbonyl (C=O) groups excluding carboxylic acids is 2. The third-order valence-electron chi connectivity index (χ3n) is 2.98. The van der Waals surface area contributed by atoms with Crippen LogP contribution in [0.3, 0.4) is 0 Å². The summed E-state index contributed by atoms with van der Waals surface area (Å²) in [4.78, 5) is 23.0. The van der Waals surface area contributed by atoms with Crippen LogP contribution in [-0.4, -0.2) is 17.6 Å². The Morgan fingerprint density at radius 1 is 1.04 bits per heavy atom. The summed E-state index contributed by atoms with van der Waals surface area (Å²) in [6, 6.07) is 9.30. The zero-order valence-electron chi connectivity index (χ0n) is 12.1. The van der Waals surface area contributed by atoms with Gasteiger partial charge < -0.3 is 15.2 Å². The monoisotopic (exact) mass is 402 g/mol. The van der Waals surface area contributed by atoms with Gasteiger partial charge in [-0.15, -0.1) is 11.8 Å². The number of benzene rings is 2. The van der Waals surface area contributed by atoms with Crippen LogP contribution in [-0.2, 0) is 10.5 Å². The zero-order chi connectivity index (χ0) is 17.7. The number of hydrogen-bond donors (Lipinski definition) is 1. The predicted octanol–water partition coefficient (Wildman–Crippen LogP) is 3.88. The number of anilines is 1. The van der Waals surface area contributed by atoms with Crippen molar-refractivity contribution >= 4 is 64.1 Å². The van der Waals surface area contributed by atoms with Crippen molar-refractivity contribution in [1.82, 2.24) is 0 Å². The van der Waals surface area contributed by atoms with Crippen molar-refractivity contribution in [2.24, 2.45) is 0 Å². The number of aromatic carboxylic acids is 1. The number of amides is 1. The van der Waals surface area contributed by atoms with Gasteiger partial charge in [0.1, 0.15) is 0 Å². The average Bonchev–Trinajstić information content (AvgIpc) is 2.51. The Kier molecular flexibility index (Phi) is 6.80. The third kappa shape index (κ3) is 5.31. The molecule has 0 fully saturated rings. The quantitative estimate of drug-likeness (QED) is 0.794. The minimum absolute atomic E-state index is 0.133. The molecule has 0 bridgehead atoms. The fraction of sp³-hybridized carbons (Fsp3) is 0.125. The second-order valence-corrected chi connectivity index (χ2v) is 7.02. The summed E-state index contributed by atoms with van der Waals surface area (Å²) < 4.78 is 0. The molecule has 0 aliphatic rings. The van der Waals surface area contributed by atoms with Gasteiger partial charge in [-0.25, -0.2) is 0 Å². The molecule has 24 heavy (non-hydrogen) atoms. The lowest BCUT2D eigenvalue weighted by Crippen LogP contribution is -2.25. The molecule has 0 spiro atoms. The Morgan fingerprint density at radius 3 is 2.38 bits per heavy atom. The maximum atomic E-state index is 12.0. The lowest BCUT2D eigenvalue weighted by molar-refractivity contribution is -0.254. The number of rotatable bonds is 6. The van der Waals surface area contributed by atoms with Crippen molar-refractivity contribution < 1.29 is 14.7 Å². The summed E-state index contributed by atoms with van der Waals surface area (Å²) in [5.41, 5.74) is 0.844. The molecule has 0 saturated heterocycles. The normalized spacial score (nSPS) is 10.5. The van der Waals surface area contributed by atoms with Crippen LogP contribution in [0.25, 0.3) is 0 Å². The molecule has 0 unspecified atom stereocenters. The van der Waals surface area contributed by atoms with Crippen LogP contribution >= 0.6 is 46.6 Å². The molecule has 0 radical (unpaired) electrons. The Balaban J connectivity index is 1.93. The van der Waals surface area contributed by atoms with Crippen molar-refractivity contribution in [3.63, 3.8) is 0 Å². The zero-order valence-corrected chi connectivity index (χ0v) is 15.2. The summed E-state index contributed by atoms with van der Waals surface area (Å²) in [6.07, 6.45) is 0. The van der Waals surface area contributed by atoms with Crippen LogP contribution in [0, 0.1) is 0 Å². The maximum absolute atomic E-state index is 12.0. The van der Waals surface area contributed by atoms with Gasteiger partial charge in [0.05, 0.1) is 11.7 Å². The molecule has 2 aromatic rings. The lowest BCUT2D eigenvalue weighted by atomic mass is 10.2. The first-order valence-corrected chi connectivity index (χ1v) is 8.98. The summed E-state index contributed by atoms with van der Waals surface area (Å²) in [7, 11) is 0. The van der Waals surface area contributed by atoms with Gasteiger partial charge in [0.25, 0.3) is 0 Å². The first-order chi connectivity index (χ1) is 11.4. The molecule has 0 heterocycles. The van der Waals surface area contributed by atoms with Gasteiger partial charge in [-0.1, -0.05) is 40.9 Å². The van der Waals surface area contributed by atoms with E-state index in [4.69, 9.17) is 34.8 Å².